The lowest BCUT2D eigenvalue weighted by Crippen LogP contribution is -2.39. The summed E-state index contributed by atoms with van der Waals surface area (Å²) in [5.41, 5.74) is -0.304. The van der Waals surface area contributed by atoms with Gasteiger partial charge in [-0.25, -0.2) is 0 Å². The third-order valence-corrected chi connectivity index (χ3v) is 3.91. The number of carboxylic acids is 1. The molecule has 0 saturated carbocycles. The first-order valence-electron chi connectivity index (χ1n) is 6.94. The second kappa shape index (κ2) is 5.99. The summed E-state index contributed by atoms with van der Waals surface area (Å²) in [6, 6.07) is 6.82. The van der Waals surface area contributed by atoms with Crippen LogP contribution in [0.4, 0.5) is 0 Å². The van der Waals surface area contributed by atoms with Crippen molar-refractivity contribution >= 4 is 24.3 Å². The van der Waals surface area contributed by atoms with E-state index in [4.69, 9.17) is 0 Å². The van der Waals surface area contributed by atoms with Gasteiger partial charge in [-0.15, -0.1) is 0 Å². The van der Waals surface area contributed by atoms with Gasteiger partial charge in [0.15, 0.2) is 18.1 Å². The summed E-state index contributed by atoms with van der Waals surface area (Å²) in [6.07, 6.45) is 2.99. The number of nitrogens with zero attached hydrogens (tertiary/aromatic N) is 1. The maximum atomic E-state index is 11.8. The third-order valence-electron chi connectivity index (χ3n) is 3.91. The van der Waals surface area contributed by atoms with Crippen LogP contribution in [0.1, 0.15) is 37.3 Å². The predicted octanol–water partition coefficient (Wildman–Crippen LogP) is 1.97. The van der Waals surface area contributed by atoms with Crippen molar-refractivity contribution in [3.8, 4) is 0 Å². The summed E-state index contributed by atoms with van der Waals surface area (Å²) in [6.45, 7) is 1.95. The Hall–Kier alpha value is -2.30. The summed E-state index contributed by atoms with van der Waals surface area (Å²) < 4.78 is 0. The second-order valence-corrected chi connectivity index (χ2v) is 5.14. The second-order valence-electron chi connectivity index (χ2n) is 5.14. The molecular formula is C16H17NO4. The lowest BCUT2D eigenvalue weighted by atomic mass is 9.77. The van der Waals surface area contributed by atoms with E-state index in [0.717, 1.165) is 6.42 Å². The normalized spacial score (nSPS) is 21.3. The molecule has 0 radical (unpaired) electrons. The van der Waals surface area contributed by atoms with Crippen molar-refractivity contribution in [1.82, 2.24) is 0 Å². The van der Waals surface area contributed by atoms with Crippen LogP contribution in [0, 0.1) is 5.92 Å². The van der Waals surface area contributed by atoms with Crippen LogP contribution in [0.5, 0.6) is 0 Å². The van der Waals surface area contributed by atoms with Crippen LogP contribution in [-0.4, -0.2) is 29.4 Å². The summed E-state index contributed by atoms with van der Waals surface area (Å²) >= 11 is 0. The molecule has 2 rings (SSSR count). The fourth-order valence-electron chi connectivity index (χ4n) is 2.84. The Morgan fingerprint density at radius 1 is 1.38 bits per heavy atom. The Morgan fingerprint density at radius 2 is 2.10 bits per heavy atom. The number of carbonyl (C=O) groups is 3. The van der Waals surface area contributed by atoms with Crippen molar-refractivity contribution in [2.75, 3.05) is 0 Å². The van der Waals surface area contributed by atoms with Gasteiger partial charge in [-0.05, 0) is 12.0 Å². The zero-order valence-corrected chi connectivity index (χ0v) is 11.8. The maximum absolute atomic E-state index is 11.8. The molecule has 0 spiro atoms. The van der Waals surface area contributed by atoms with Gasteiger partial charge >= 0.3 is 5.97 Å². The number of aliphatic carboxylic acids is 1. The molecule has 0 amide bonds. The van der Waals surface area contributed by atoms with Crippen molar-refractivity contribution < 1.29 is 19.5 Å². The van der Waals surface area contributed by atoms with E-state index in [1.54, 1.807) is 24.3 Å². The Morgan fingerprint density at radius 3 is 2.67 bits per heavy atom. The minimum atomic E-state index is -1.49. The molecule has 1 heterocycles. The number of hydrogen-bond acceptors (Lipinski definition) is 4. The fraction of sp³-hybridized carbons (Fsp3) is 0.375. The number of carbonyl (C=O) groups excluding carboxylic acids is 2. The summed E-state index contributed by atoms with van der Waals surface area (Å²) in [5.74, 6) is -2.03. The highest BCUT2D eigenvalue weighted by atomic mass is 16.4. The Kier molecular flexibility index (Phi) is 4.31. The number of aldehydes is 2. The van der Waals surface area contributed by atoms with E-state index in [1.807, 2.05) is 6.92 Å². The molecule has 1 aromatic rings. The molecule has 21 heavy (non-hydrogen) atoms. The van der Waals surface area contributed by atoms with Gasteiger partial charge in [-0.2, -0.15) is 0 Å². The Labute approximate surface area is 122 Å². The van der Waals surface area contributed by atoms with Crippen LogP contribution < -0.4 is 0 Å². The highest BCUT2D eigenvalue weighted by Crippen LogP contribution is 2.42. The molecule has 1 N–H and O–H groups in total. The molecule has 2 unspecified atom stereocenters. The van der Waals surface area contributed by atoms with E-state index in [-0.39, 0.29) is 5.71 Å². The van der Waals surface area contributed by atoms with Crippen LogP contribution in [0.2, 0.25) is 0 Å². The topological polar surface area (TPSA) is 83.8 Å². The molecule has 1 aliphatic heterocycles. The first kappa shape index (κ1) is 15.1. The molecule has 110 valence electrons. The molecule has 5 heteroatoms. The van der Waals surface area contributed by atoms with E-state index in [0.29, 0.717) is 36.5 Å². The molecule has 0 aromatic heterocycles. The summed E-state index contributed by atoms with van der Waals surface area (Å²) in [5, 5.41) is 9.52. The quantitative estimate of drug-likeness (QED) is 0.777. The molecule has 0 saturated heterocycles. The number of hydrogen-bond donors (Lipinski definition) is 1. The molecule has 1 aliphatic rings. The van der Waals surface area contributed by atoms with Gasteiger partial charge in [0, 0.05) is 5.56 Å². The van der Waals surface area contributed by atoms with Gasteiger partial charge < -0.3 is 9.90 Å². The van der Waals surface area contributed by atoms with Crippen molar-refractivity contribution in [3.05, 3.63) is 35.4 Å². The molecule has 0 fully saturated rings. The van der Waals surface area contributed by atoms with Crippen molar-refractivity contribution in [2.24, 2.45) is 10.9 Å². The summed E-state index contributed by atoms with van der Waals surface area (Å²) in [4.78, 5) is 38.8. The smallest absolute Gasteiger partial charge is 0.309 e. The van der Waals surface area contributed by atoms with Gasteiger partial charge in [-0.1, -0.05) is 44.0 Å². The average molecular weight is 287 g/mol. The zero-order valence-electron chi connectivity index (χ0n) is 11.8. The van der Waals surface area contributed by atoms with Crippen LogP contribution >= 0.6 is 0 Å². The lowest BCUT2D eigenvalue weighted by Gasteiger charge is -2.28. The minimum absolute atomic E-state index is 0.139. The van der Waals surface area contributed by atoms with Gasteiger partial charge in [0.25, 0.3) is 0 Å². The molecule has 2 atom stereocenters. The Bertz CT molecular complexity index is 608. The van der Waals surface area contributed by atoms with Crippen LogP contribution in [0.15, 0.2) is 29.3 Å². The average Bonchev–Trinajstić information content (AvgIpc) is 2.83. The molecular weight excluding hydrogens is 270 g/mol. The van der Waals surface area contributed by atoms with Crippen LogP contribution in [0.3, 0.4) is 0 Å². The van der Waals surface area contributed by atoms with Crippen molar-refractivity contribution in [2.45, 2.75) is 31.7 Å². The van der Waals surface area contributed by atoms with Crippen molar-refractivity contribution in [3.63, 3.8) is 0 Å². The SMILES string of the molecule is CCCCC(C(=O)O)C1(C=O)N=C(C=O)c2ccccc21. The molecule has 0 aliphatic carbocycles. The highest BCUT2D eigenvalue weighted by molar-refractivity contribution is 6.38. The monoisotopic (exact) mass is 287 g/mol. The largest absolute Gasteiger partial charge is 0.481 e. The number of fused-ring (bicyclic) bond motifs is 1. The van der Waals surface area contributed by atoms with Crippen LogP contribution in [-0.2, 0) is 19.9 Å². The van der Waals surface area contributed by atoms with E-state index < -0.39 is 17.4 Å². The lowest BCUT2D eigenvalue weighted by molar-refractivity contribution is -0.146. The highest BCUT2D eigenvalue weighted by Gasteiger charge is 2.49. The first-order valence-corrected chi connectivity index (χ1v) is 6.94. The number of rotatable bonds is 7. The van der Waals surface area contributed by atoms with E-state index >= 15 is 0 Å². The van der Waals surface area contributed by atoms with Gasteiger partial charge in [0.05, 0.1) is 5.92 Å². The fourth-order valence-corrected chi connectivity index (χ4v) is 2.84. The zero-order chi connectivity index (χ0) is 15.5. The van der Waals surface area contributed by atoms with Gasteiger partial charge in [-0.3, -0.25) is 14.6 Å². The van der Waals surface area contributed by atoms with E-state index in [2.05, 4.69) is 4.99 Å². The van der Waals surface area contributed by atoms with Crippen molar-refractivity contribution in [1.29, 1.82) is 0 Å². The van der Waals surface area contributed by atoms with E-state index in [9.17, 15) is 19.5 Å². The number of carboxylic acid groups (broad SMARTS) is 1. The predicted molar refractivity (Wildman–Crippen MR) is 77.4 cm³/mol. The molecule has 5 nitrogen and oxygen atoms in total. The van der Waals surface area contributed by atoms with Crippen LogP contribution in [0.25, 0.3) is 0 Å². The Balaban J connectivity index is 2.60. The number of benzene rings is 1. The first-order chi connectivity index (χ1) is 10.1. The molecule has 0 bridgehead atoms. The molecule has 1 aromatic carbocycles. The van der Waals surface area contributed by atoms with Gasteiger partial charge in [0.1, 0.15) is 5.71 Å². The standard InChI is InChI=1S/C16H17NO4/c1-2-3-7-13(15(20)21)16(10-19)12-8-5-4-6-11(12)14(9-18)17-16/h4-6,8-10,13H,2-3,7H2,1H3,(H,20,21). The third kappa shape index (κ3) is 2.39. The van der Waals surface area contributed by atoms with E-state index in [1.165, 1.54) is 0 Å². The minimum Gasteiger partial charge on any atom is -0.481 e. The number of aliphatic imine (C=N–C) groups is 1. The summed E-state index contributed by atoms with van der Waals surface area (Å²) in [7, 11) is 0. The van der Waals surface area contributed by atoms with Gasteiger partial charge in [0.2, 0.25) is 0 Å². The number of unbranched alkanes of at least 4 members (excludes halogenated alkanes) is 1. The maximum Gasteiger partial charge on any atom is 0.309 e.